The third-order valence-electron chi connectivity index (χ3n) is 6.56. The number of likely N-dealkylation sites (tertiary alicyclic amines) is 2. The molecule has 0 atom stereocenters. The van der Waals surface area contributed by atoms with E-state index in [2.05, 4.69) is 15.0 Å². The number of allylic oxidation sites excluding steroid dienone is 1. The lowest BCUT2D eigenvalue weighted by atomic mass is 9.94. The van der Waals surface area contributed by atoms with E-state index in [9.17, 15) is 19.2 Å². The predicted molar refractivity (Wildman–Crippen MR) is 135 cm³/mol. The zero-order chi connectivity index (χ0) is 25.5. The maximum Gasteiger partial charge on any atom is 0.412 e. The van der Waals surface area contributed by atoms with Gasteiger partial charge in [-0.2, -0.15) is 0 Å². The van der Waals surface area contributed by atoms with E-state index < -0.39 is 6.09 Å². The number of carbonyl (C=O) groups is 4. The lowest BCUT2D eigenvalue weighted by molar-refractivity contribution is -0.135. The fraction of sp³-hybridized carbons (Fsp3) is 0.370. The molecule has 0 unspecified atom stereocenters. The van der Waals surface area contributed by atoms with Crippen LogP contribution in [-0.2, 0) is 9.53 Å². The zero-order valence-corrected chi connectivity index (χ0v) is 20.3. The highest BCUT2D eigenvalue weighted by Gasteiger charge is 2.31. The van der Waals surface area contributed by atoms with Crippen LogP contribution in [0.15, 0.2) is 48.5 Å². The summed E-state index contributed by atoms with van der Waals surface area (Å²) >= 11 is 0. The maximum atomic E-state index is 12.9. The van der Waals surface area contributed by atoms with Gasteiger partial charge in [0.15, 0.2) is 5.78 Å². The minimum absolute atomic E-state index is 0.00497. The Morgan fingerprint density at radius 3 is 2.25 bits per heavy atom. The summed E-state index contributed by atoms with van der Waals surface area (Å²) in [7, 11) is 1.26. The summed E-state index contributed by atoms with van der Waals surface area (Å²) < 4.78 is 4.54. The Morgan fingerprint density at radius 2 is 1.58 bits per heavy atom. The molecule has 9 nitrogen and oxygen atoms in total. The highest BCUT2D eigenvalue weighted by Crippen LogP contribution is 2.23. The Kier molecular flexibility index (Phi) is 8.10. The lowest BCUT2D eigenvalue weighted by Crippen LogP contribution is -2.43. The molecule has 0 aliphatic carbocycles. The first-order valence-electron chi connectivity index (χ1n) is 12.2. The molecule has 4 rings (SSSR count). The second-order valence-corrected chi connectivity index (χ2v) is 8.94. The summed E-state index contributed by atoms with van der Waals surface area (Å²) in [4.78, 5) is 57.4. The van der Waals surface area contributed by atoms with Crippen molar-refractivity contribution in [2.75, 3.05) is 38.6 Å². The number of methoxy groups -OCH3 is 1. The van der Waals surface area contributed by atoms with E-state index in [-0.39, 0.29) is 23.5 Å². The number of nitrogens with zero attached hydrogens (tertiary/aromatic N) is 3. The molecule has 1 aromatic carbocycles. The molecule has 0 saturated carbocycles. The number of rotatable bonds is 6. The average Bonchev–Trinajstić information content (AvgIpc) is 3.46. The van der Waals surface area contributed by atoms with E-state index in [1.165, 1.54) is 13.2 Å². The number of pyridine rings is 1. The first kappa shape index (κ1) is 25.1. The Morgan fingerprint density at radius 1 is 0.917 bits per heavy atom. The van der Waals surface area contributed by atoms with Gasteiger partial charge in [-0.1, -0.05) is 18.2 Å². The average molecular weight is 491 g/mol. The minimum Gasteiger partial charge on any atom is -0.453 e. The van der Waals surface area contributed by atoms with Gasteiger partial charge in [0.1, 0.15) is 5.82 Å². The van der Waals surface area contributed by atoms with Crippen molar-refractivity contribution in [2.24, 2.45) is 5.92 Å². The number of amides is 3. The summed E-state index contributed by atoms with van der Waals surface area (Å²) in [6.07, 6.45) is 5.85. The van der Waals surface area contributed by atoms with Gasteiger partial charge in [0.2, 0.25) is 5.91 Å². The standard InChI is InChI=1S/C27H30N4O5/c1-36-27(35)29-24-6-4-5-22(28-24)11-12-23(32)19-7-9-20(10-8-19)25(33)31-17-13-21(14-18-31)26(34)30-15-2-3-16-30/h4-12,21H,2-3,13-18H2,1H3,(H,28,29,35). The van der Waals surface area contributed by atoms with Crippen LogP contribution in [0.25, 0.3) is 6.08 Å². The Hall–Kier alpha value is -4.01. The third kappa shape index (κ3) is 6.16. The van der Waals surface area contributed by atoms with Gasteiger partial charge in [-0.15, -0.1) is 0 Å². The van der Waals surface area contributed by atoms with Crippen LogP contribution in [0.2, 0.25) is 0 Å². The molecule has 2 aromatic rings. The van der Waals surface area contributed by atoms with Gasteiger partial charge in [0, 0.05) is 43.2 Å². The van der Waals surface area contributed by atoms with Crippen LogP contribution in [-0.4, -0.2) is 71.8 Å². The minimum atomic E-state index is -0.630. The smallest absolute Gasteiger partial charge is 0.412 e. The molecular formula is C27H30N4O5. The number of hydrogen-bond donors (Lipinski definition) is 1. The molecule has 36 heavy (non-hydrogen) atoms. The van der Waals surface area contributed by atoms with Crippen LogP contribution in [0.4, 0.5) is 10.6 Å². The van der Waals surface area contributed by atoms with Crippen LogP contribution in [0.3, 0.4) is 0 Å². The van der Waals surface area contributed by atoms with Crippen molar-refractivity contribution in [1.29, 1.82) is 0 Å². The van der Waals surface area contributed by atoms with Gasteiger partial charge in [0.05, 0.1) is 12.8 Å². The van der Waals surface area contributed by atoms with Crippen LogP contribution in [0.1, 0.15) is 52.1 Å². The number of anilines is 1. The Bertz CT molecular complexity index is 1150. The van der Waals surface area contributed by atoms with E-state index in [1.807, 2.05) is 4.90 Å². The molecular weight excluding hydrogens is 460 g/mol. The van der Waals surface area contributed by atoms with Crippen molar-refractivity contribution in [1.82, 2.24) is 14.8 Å². The SMILES string of the molecule is COC(=O)Nc1cccc(C=CC(=O)c2ccc(C(=O)N3CCC(C(=O)N4CCCC4)CC3)cc2)n1. The number of ketones is 1. The van der Waals surface area contributed by atoms with E-state index in [0.717, 1.165) is 25.9 Å². The molecule has 0 spiro atoms. The van der Waals surface area contributed by atoms with Crippen molar-refractivity contribution >= 4 is 35.6 Å². The number of piperidine rings is 1. The summed E-state index contributed by atoms with van der Waals surface area (Å²) in [5.41, 5.74) is 1.46. The number of nitrogens with one attached hydrogen (secondary N) is 1. The number of hydrogen-bond acceptors (Lipinski definition) is 6. The van der Waals surface area contributed by atoms with Crippen molar-refractivity contribution in [3.05, 3.63) is 65.4 Å². The van der Waals surface area contributed by atoms with E-state index >= 15 is 0 Å². The van der Waals surface area contributed by atoms with E-state index in [1.54, 1.807) is 53.4 Å². The van der Waals surface area contributed by atoms with Crippen molar-refractivity contribution in [3.63, 3.8) is 0 Å². The predicted octanol–water partition coefficient (Wildman–Crippen LogP) is 3.63. The number of ether oxygens (including phenoxy) is 1. The molecule has 3 heterocycles. The second-order valence-electron chi connectivity index (χ2n) is 8.94. The van der Waals surface area contributed by atoms with Crippen molar-refractivity contribution in [2.45, 2.75) is 25.7 Å². The highest BCUT2D eigenvalue weighted by molar-refractivity contribution is 6.07. The second kappa shape index (κ2) is 11.6. The summed E-state index contributed by atoms with van der Waals surface area (Å²) in [6, 6.07) is 11.6. The van der Waals surface area contributed by atoms with E-state index in [0.29, 0.717) is 48.6 Å². The molecule has 2 aliphatic heterocycles. The number of benzene rings is 1. The molecule has 2 aliphatic rings. The molecule has 3 amide bonds. The molecule has 1 N–H and O–H groups in total. The normalized spacial score (nSPS) is 16.2. The topological polar surface area (TPSA) is 109 Å². The summed E-state index contributed by atoms with van der Waals surface area (Å²) in [6.45, 7) is 2.83. The van der Waals surface area contributed by atoms with Gasteiger partial charge < -0.3 is 14.5 Å². The van der Waals surface area contributed by atoms with Crippen LogP contribution < -0.4 is 5.32 Å². The number of carbonyl (C=O) groups excluding carboxylic acids is 4. The number of aromatic nitrogens is 1. The molecule has 0 radical (unpaired) electrons. The van der Waals surface area contributed by atoms with Crippen LogP contribution >= 0.6 is 0 Å². The Balaban J connectivity index is 1.31. The molecule has 0 bridgehead atoms. The van der Waals surface area contributed by atoms with Gasteiger partial charge in [-0.25, -0.2) is 9.78 Å². The first-order valence-corrected chi connectivity index (χ1v) is 12.2. The highest BCUT2D eigenvalue weighted by atomic mass is 16.5. The van der Waals surface area contributed by atoms with Crippen LogP contribution in [0, 0.1) is 5.92 Å². The van der Waals surface area contributed by atoms with Gasteiger partial charge in [0.25, 0.3) is 5.91 Å². The lowest BCUT2D eigenvalue weighted by Gasteiger charge is -2.33. The van der Waals surface area contributed by atoms with E-state index in [4.69, 9.17) is 0 Å². The van der Waals surface area contributed by atoms with Gasteiger partial charge in [-0.05, 0) is 62.1 Å². The van der Waals surface area contributed by atoms with Crippen molar-refractivity contribution < 1.29 is 23.9 Å². The van der Waals surface area contributed by atoms with Crippen LogP contribution in [0.5, 0.6) is 0 Å². The third-order valence-corrected chi connectivity index (χ3v) is 6.56. The largest absolute Gasteiger partial charge is 0.453 e. The maximum absolute atomic E-state index is 12.9. The fourth-order valence-electron chi connectivity index (χ4n) is 4.51. The fourth-order valence-corrected chi connectivity index (χ4v) is 4.51. The first-order chi connectivity index (χ1) is 17.4. The zero-order valence-electron chi connectivity index (χ0n) is 20.3. The summed E-state index contributed by atoms with van der Waals surface area (Å²) in [5, 5.41) is 2.47. The Labute approximate surface area is 210 Å². The van der Waals surface area contributed by atoms with Gasteiger partial charge in [-0.3, -0.25) is 19.7 Å². The molecule has 2 saturated heterocycles. The molecule has 188 valence electrons. The van der Waals surface area contributed by atoms with Crippen molar-refractivity contribution in [3.8, 4) is 0 Å². The van der Waals surface area contributed by atoms with Gasteiger partial charge >= 0.3 is 6.09 Å². The molecule has 9 heteroatoms. The quantitative estimate of drug-likeness (QED) is 0.489. The molecule has 2 fully saturated rings. The summed E-state index contributed by atoms with van der Waals surface area (Å²) in [5.74, 6) is 0.227. The monoisotopic (exact) mass is 490 g/mol. The molecule has 1 aromatic heterocycles.